The molecular weight excluding hydrogens is 326 g/mol. The fraction of sp³-hybridized carbons (Fsp3) is 0.500. The molecule has 1 heterocycles. The molecular formula is C18H20ClN3O2. The molecule has 1 aliphatic heterocycles. The summed E-state index contributed by atoms with van der Waals surface area (Å²) in [7, 11) is 0. The Morgan fingerprint density at radius 1 is 1.38 bits per heavy atom. The second kappa shape index (κ2) is 7.33. The first-order valence-corrected chi connectivity index (χ1v) is 8.72. The standard InChI is InChI=1S/C18H20ClN3O2/c19-13-7-6-12(10-20)15(9-13)21-18(24)11-22-8-2-4-16(22)14-3-1-5-17(14)23/h6-7,9,14,16H,1-5,8,11H2,(H,21,24)/t14-,16+/m1/s1. The van der Waals surface area contributed by atoms with Gasteiger partial charge in [0.25, 0.3) is 0 Å². The van der Waals surface area contributed by atoms with Crippen LogP contribution in [0.15, 0.2) is 18.2 Å². The third-order valence-electron chi connectivity index (χ3n) is 4.95. The van der Waals surface area contributed by atoms with Crippen molar-refractivity contribution in [2.75, 3.05) is 18.4 Å². The first-order chi connectivity index (χ1) is 11.6. The smallest absolute Gasteiger partial charge is 0.238 e. The molecule has 0 aromatic heterocycles. The van der Waals surface area contributed by atoms with Gasteiger partial charge in [-0.25, -0.2) is 0 Å². The van der Waals surface area contributed by atoms with Gasteiger partial charge in [0, 0.05) is 23.4 Å². The number of benzene rings is 1. The van der Waals surface area contributed by atoms with Crippen LogP contribution < -0.4 is 5.32 Å². The average molecular weight is 346 g/mol. The zero-order chi connectivity index (χ0) is 17.1. The third kappa shape index (κ3) is 3.61. The number of likely N-dealkylation sites (tertiary alicyclic amines) is 1. The van der Waals surface area contributed by atoms with E-state index in [1.54, 1.807) is 18.2 Å². The Morgan fingerprint density at radius 2 is 2.21 bits per heavy atom. The molecule has 3 rings (SSSR count). The number of nitrogens with zero attached hydrogens (tertiary/aromatic N) is 2. The van der Waals surface area contributed by atoms with Gasteiger partial charge in [-0.05, 0) is 50.4 Å². The molecule has 0 bridgehead atoms. The average Bonchev–Trinajstić information content (AvgIpc) is 3.16. The Morgan fingerprint density at radius 3 is 2.92 bits per heavy atom. The largest absolute Gasteiger partial charge is 0.324 e. The number of hydrogen-bond acceptors (Lipinski definition) is 4. The van der Waals surface area contributed by atoms with Gasteiger partial charge in [0.1, 0.15) is 11.9 Å². The van der Waals surface area contributed by atoms with Gasteiger partial charge in [-0.15, -0.1) is 0 Å². The Labute approximate surface area is 146 Å². The van der Waals surface area contributed by atoms with Gasteiger partial charge in [0.05, 0.1) is 17.8 Å². The molecule has 1 N–H and O–H groups in total. The lowest BCUT2D eigenvalue weighted by Crippen LogP contribution is -2.41. The number of Topliss-reactive ketones (excluding diaryl/α,β-unsaturated/α-hetero) is 1. The van der Waals surface area contributed by atoms with Gasteiger partial charge < -0.3 is 5.32 Å². The quantitative estimate of drug-likeness (QED) is 0.910. The summed E-state index contributed by atoms with van der Waals surface area (Å²) >= 11 is 5.94. The Hall–Kier alpha value is -1.90. The van der Waals surface area contributed by atoms with Crippen LogP contribution in [0.25, 0.3) is 0 Å². The molecule has 1 aromatic rings. The number of carbonyl (C=O) groups excluding carboxylic acids is 2. The summed E-state index contributed by atoms with van der Waals surface area (Å²) in [5.41, 5.74) is 0.819. The first kappa shape index (κ1) is 16.9. The molecule has 6 heteroatoms. The molecule has 1 aliphatic carbocycles. The van der Waals surface area contributed by atoms with Crippen LogP contribution in [0.5, 0.6) is 0 Å². The van der Waals surface area contributed by atoms with Crippen molar-refractivity contribution in [1.29, 1.82) is 5.26 Å². The van der Waals surface area contributed by atoms with Crippen molar-refractivity contribution in [1.82, 2.24) is 4.90 Å². The molecule has 0 radical (unpaired) electrons. The number of halogens is 1. The van der Waals surface area contributed by atoms with E-state index in [0.717, 1.165) is 32.2 Å². The zero-order valence-corrected chi connectivity index (χ0v) is 14.2. The molecule has 1 saturated heterocycles. The van der Waals surface area contributed by atoms with Gasteiger partial charge in [-0.3, -0.25) is 14.5 Å². The molecule has 0 spiro atoms. The topological polar surface area (TPSA) is 73.2 Å². The van der Waals surface area contributed by atoms with E-state index < -0.39 is 0 Å². The first-order valence-electron chi connectivity index (χ1n) is 8.35. The van der Waals surface area contributed by atoms with E-state index in [0.29, 0.717) is 28.5 Å². The summed E-state index contributed by atoms with van der Waals surface area (Å²) in [4.78, 5) is 26.5. The highest BCUT2D eigenvalue weighted by atomic mass is 35.5. The van der Waals surface area contributed by atoms with Crippen LogP contribution in [-0.4, -0.2) is 35.7 Å². The highest BCUT2D eigenvalue weighted by Crippen LogP contribution is 2.33. The van der Waals surface area contributed by atoms with Crippen LogP contribution in [0.4, 0.5) is 5.69 Å². The van der Waals surface area contributed by atoms with Gasteiger partial charge >= 0.3 is 0 Å². The van der Waals surface area contributed by atoms with Gasteiger partial charge in [0.2, 0.25) is 5.91 Å². The Bertz CT molecular complexity index is 698. The highest BCUT2D eigenvalue weighted by Gasteiger charge is 2.38. The van der Waals surface area contributed by atoms with Crippen molar-refractivity contribution in [2.45, 2.75) is 38.1 Å². The second-order valence-corrected chi connectivity index (χ2v) is 6.93. The number of carbonyl (C=O) groups is 2. The number of amides is 1. The molecule has 2 aliphatic rings. The molecule has 0 unspecified atom stereocenters. The second-order valence-electron chi connectivity index (χ2n) is 6.49. The van der Waals surface area contributed by atoms with E-state index in [2.05, 4.69) is 10.2 Å². The number of anilines is 1. The normalized spacial score (nSPS) is 24.1. The number of ketones is 1. The lowest BCUT2D eigenvalue weighted by Gasteiger charge is -2.28. The van der Waals surface area contributed by atoms with Crippen molar-refractivity contribution >= 4 is 29.0 Å². The summed E-state index contributed by atoms with van der Waals surface area (Å²) in [6.07, 6.45) is 4.57. The molecule has 5 nitrogen and oxygen atoms in total. The van der Waals surface area contributed by atoms with Crippen LogP contribution in [-0.2, 0) is 9.59 Å². The fourth-order valence-electron chi connectivity index (χ4n) is 3.85. The zero-order valence-electron chi connectivity index (χ0n) is 13.4. The molecule has 1 aromatic carbocycles. The van der Waals surface area contributed by atoms with Crippen molar-refractivity contribution in [3.63, 3.8) is 0 Å². The number of nitriles is 1. The van der Waals surface area contributed by atoms with Crippen LogP contribution >= 0.6 is 11.6 Å². The van der Waals surface area contributed by atoms with Crippen molar-refractivity contribution in [2.24, 2.45) is 5.92 Å². The highest BCUT2D eigenvalue weighted by molar-refractivity contribution is 6.31. The van der Waals surface area contributed by atoms with E-state index in [1.807, 2.05) is 6.07 Å². The van der Waals surface area contributed by atoms with Crippen molar-refractivity contribution in [3.05, 3.63) is 28.8 Å². The summed E-state index contributed by atoms with van der Waals surface area (Å²) in [6, 6.07) is 7.03. The monoisotopic (exact) mass is 345 g/mol. The van der Waals surface area contributed by atoms with Crippen LogP contribution in [0, 0.1) is 17.2 Å². The Balaban J connectivity index is 1.65. The summed E-state index contributed by atoms with van der Waals surface area (Å²) in [5, 5.41) is 12.4. The number of hydrogen-bond donors (Lipinski definition) is 1. The van der Waals surface area contributed by atoms with Gasteiger partial charge in [0.15, 0.2) is 0 Å². The van der Waals surface area contributed by atoms with Gasteiger partial charge in [-0.1, -0.05) is 11.6 Å². The molecule has 1 amide bonds. The van der Waals surface area contributed by atoms with Crippen molar-refractivity contribution < 1.29 is 9.59 Å². The van der Waals surface area contributed by atoms with Crippen molar-refractivity contribution in [3.8, 4) is 6.07 Å². The van der Waals surface area contributed by atoms with E-state index in [1.165, 1.54) is 0 Å². The minimum absolute atomic E-state index is 0.0844. The van der Waals surface area contributed by atoms with E-state index in [4.69, 9.17) is 16.9 Å². The SMILES string of the molecule is N#Cc1ccc(Cl)cc1NC(=O)CN1CCC[C@H]1[C@H]1CCCC1=O. The molecule has 2 fully saturated rings. The van der Waals surface area contributed by atoms with E-state index in [9.17, 15) is 9.59 Å². The lowest BCUT2D eigenvalue weighted by atomic mass is 9.95. The molecule has 2 atom stereocenters. The minimum Gasteiger partial charge on any atom is -0.324 e. The molecule has 126 valence electrons. The van der Waals surface area contributed by atoms with Crippen LogP contribution in [0.1, 0.15) is 37.7 Å². The third-order valence-corrected chi connectivity index (χ3v) is 5.19. The fourth-order valence-corrected chi connectivity index (χ4v) is 4.02. The maximum atomic E-state index is 12.4. The van der Waals surface area contributed by atoms with Gasteiger partial charge in [-0.2, -0.15) is 5.26 Å². The Kier molecular flexibility index (Phi) is 5.17. The maximum absolute atomic E-state index is 12.4. The predicted octanol–water partition coefficient (Wildman–Crippen LogP) is 2.98. The minimum atomic E-state index is -0.175. The van der Waals surface area contributed by atoms with E-state index >= 15 is 0 Å². The summed E-state index contributed by atoms with van der Waals surface area (Å²) in [6.45, 7) is 1.08. The summed E-state index contributed by atoms with van der Waals surface area (Å²) in [5.74, 6) is 0.251. The molecule has 1 saturated carbocycles. The number of nitrogens with one attached hydrogen (secondary N) is 1. The van der Waals surface area contributed by atoms with Crippen LogP contribution in [0.2, 0.25) is 5.02 Å². The number of rotatable bonds is 4. The molecule has 24 heavy (non-hydrogen) atoms. The van der Waals surface area contributed by atoms with E-state index in [-0.39, 0.29) is 24.4 Å². The predicted molar refractivity (Wildman–Crippen MR) is 91.7 cm³/mol. The maximum Gasteiger partial charge on any atom is 0.238 e. The summed E-state index contributed by atoms with van der Waals surface area (Å²) < 4.78 is 0. The van der Waals surface area contributed by atoms with Crippen LogP contribution in [0.3, 0.4) is 0 Å². The lowest BCUT2D eigenvalue weighted by molar-refractivity contribution is -0.124.